The first kappa shape index (κ1) is 19.8. The zero-order valence-corrected chi connectivity index (χ0v) is 16.7. The van der Waals surface area contributed by atoms with Crippen LogP contribution < -0.4 is 9.39 Å². The van der Waals surface area contributed by atoms with Crippen molar-refractivity contribution < 1.29 is 18.3 Å². The van der Waals surface area contributed by atoms with E-state index in [1.165, 1.54) is 31.7 Å². The normalized spacial score (nSPS) is 16.5. The average Bonchev–Trinajstić information content (AvgIpc) is 2.59. The lowest BCUT2D eigenvalue weighted by molar-refractivity contribution is 0.122. The van der Waals surface area contributed by atoms with Crippen molar-refractivity contribution in [1.82, 2.24) is 4.49 Å². The molecule has 0 spiro atoms. The molecule has 24 heavy (non-hydrogen) atoms. The summed E-state index contributed by atoms with van der Waals surface area (Å²) in [6, 6.07) is 6.42. The molecular weight excluding hydrogens is 347 g/mol. The van der Waals surface area contributed by atoms with Gasteiger partial charge in [0, 0.05) is 32.2 Å². The monoisotopic (exact) mass is 374 g/mol. The van der Waals surface area contributed by atoms with E-state index in [1.807, 2.05) is 0 Å². The summed E-state index contributed by atoms with van der Waals surface area (Å²) in [6.45, 7) is 9.64. The van der Waals surface area contributed by atoms with Crippen LogP contribution in [0.5, 0.6) is 0 Å². The van der Waals surface area contributed by atoms with E-state index >= 15 is 0 Å². The van der Waals surface area contributed by atoms with Gasteiger partial charge in [0.1, 0.15) is 0 Å². The van der Waals surface area contributed by atoms with Gasteiger partial charge in [-0.2, -0.15) is 4.49 Å². The third-order valence-corrected chi connectivity index (χ3v) is 6.69. The maximum absolute atomic E-state index is 12.3. The largest absolute Gasteiger partial charge is 0.414 e. The van der Waals surface area contributed by atoms with Gasteiger partial charge in [0.2, 0.25) is 0 Å². The number of nitrogens with one attached hydrogen (secondary N) is 1. The molecule has 1 aliphatic rings. The standard InChI is InChI=1S/C16H27N2O4PS/c1-16(2,3)13-6-7-14(18-8-10-22-11-9-18)15(12-13)24-17-23(19,20-4)21-5/h6-7,12H,8-11H2,1-5H3,(H,17,19). The van der Waals surface area contributed by atoms with Gasteiger partial charge in [0.25, 0.3) is 0 Å². The Morgan fingerprint density at radius 2 is 1.83 bits per heavy atom. The van der Waals surface area contributed by atoms with Gasteiger partial charge in [-0.25, -0.2) is 4.57 Å². The number of nitrogens with zero attached hydrogens (tertiary/aromatic N) is 1. The van der Waals surface area contributed by atoms with E-state index in [1.54, 1.807) is 0 Å². The second-order valence-electron chi connectivity index (χ2n) is 6.59. The quantitative estimate of drug-likeness (QED) is 0.600. The number of anilines is 1. The Bertz CT molecular complexity index is 592. The Kier molecular flexibility index (Phi) is 6.76. The van der Waals surface area contributed by atoms with Gasteiger partial charge in [-0.05, 0) is 35.1 Å². The lowest BCUT2D eigenvalue weighted by Crippen LogP contribution is -2.36. The molecule has 0 radical (unpaired) electrons. The summed E-state index contributed by atoms with van der Waals surface area (Å²) in [5, 5.41) is 0. The molecule has 0 amide bonds. The maximum atomic E-state index is 12.3. The predicted molar refractivity (Wildman–Crippen MR) is 98.8 cm³/mol. The Balaban J connectivity index is 2.30. The van der Waals surface area contributed by atoms with Crippen molar-refractivity contribution in [3.63, 3.8) is 0 Å². The first-order chi connectivity index (χ1) is 11.3. The van der Waals surface area contributed by atoms with Gasteiger partial charge in [-0.3, -0.25) is 9.05 Å². The third kappa shape index (κ3) is 4.97. The van der Waals surface area contributed by atoms with Crippen LogP contribution in [-0.4, -0.2) is 40.5 Å². The smallest absolute Gasteiger partial charge is 0.378 e. The molecule has 0 atom stereocenters. The molecule has 0 bridgehead atoms. The van der Waals surface area contributed by atoms with Crippen LogP contribution in [0.25, 0.3) is 0 Å². The minimum Gasteiger partial charge on any atom is -0.378 e. The molecule has 0 aromatic heterocycles. The molecule has 0 unspecified atom stereocenters. The van der Waals surface area contributed by atoms with Gasteiger partial charge in [-0.15, -0.1) is 0 Å². The number of rotatable bonds is 6. The van der Waals surface area contributed by atoms with Gasteiger partial charge < -0.3 is 9.64 Å². The molecule has 0 saturated carbocycles. The Morgan fingerprint density at radius 1 is 1.21 bits per heavy atom. The van der Waals surface area contributed by atoms with Crippen LogP contribution in [0, 0.1) is 0 Å². The summed E-state index contributed by atoms with van der Waals surface area (Å²) in [7, 11) is -0.558. The molecule has 8 heteroatoms. The van der Waals surface area contributed by atoms with E-state index in [9.17, 15) is 4.57 Å². The van der Waals surface area contributed by atoms with Crippen LogP contribution in [0.4, 0.5) is 5.69 Å². The summed E-state index contributed by atoms with van der Waals surface area (Å²) in [5.74, 6) is 0. The third-order valence-electron chi connectivity index (χ3n) is 3.93. The highest BCUT2D eigenvalue weighted by atomic mass is 32.2. The summed E-state index contributed by atoms with van der Waals surface area (Å²) >= 11 is 1.28. The van der Waals surface area contributed by atoms with Crippen LogP contribution in [-0.2, 0) is 23.8 Å². The lowest BCUT2D eigenvalue weighted by atomic mass is 9.87. The van der Waals surface area contributed by atoms with Crippen LogP contribution in [0.1, 0.15) is 26.3 Å². The van der Waals surface area contributed by atoms with E-state index in [0.717, 1.165) is 23.7 Å². The zero-order valence-electron chi connectivity index (χ0n) is 15.0. The molecule has 1 aliphatic heterocycles. The second-order valence-corrected chi connectivity index (χ2v) is 9.69. The van der Waals surface area contributed by atoms with E-state index in [2.05, 4.69) is 48.4 Å². The van der Waals surface area contributed by atoms with Crippen molar-refractivity contribution >= 4 is 25.4 Å². The van der Waals surface area contributed by atoms with Gasteiger partial charge in [0.05, 0.1) is 18.9 Å². The van der Waals surface area contributed by atoms with Crippen LogP contribution in [0.15, 0.2) is 23.1 Å². The van der Waals surface area contributed by atoms with Crippen molar-refractivity contribution in [3.8, 4) is 0 Å². The van der Waals surface area contributed by atoms with Crippen LogP contribution >= 0.6 is 19.7 Å². The Labute approximate surface area is 149 Å². The molecule has 136 valence electrons. The molecular formula is C16H27N2O4PS. The summed E-state index contributed by atoms with van der Waals surface area (Å²) in [4.78, 5) is 3.28. The fourth-order valence-electron chi connectivity index (χ4n) is 2.38. The predicted octanol–water partition coefficient (Wildman–Crippen LogP) is 3.82. The molecule has 1 heterocycles. The van der Waals surface area contributed by atoms with E-state index in [-0.39, 0.29) is 5.41 Å². The van der Waals surface area contributed by atoms with Gasteiger partial charge in [-0.1, -0.05) is 26.8 Å². The lowest BCUT2D eigenvalue weighted by Gasteiger charge is -2.31. The number of ether oxygens (including phenoxy) is 1. The highest BCUT2D eigenvalue weighted by Crippen LogP contribution is 2.46. The first-order valence-corrected chi connectivity index (χ1v) is 10.3. The molecule has 1 fully saturated rings. The number of morpholine rings is 1. The molecule has 0 aliphatic carbocycles. The minimum atomic E-state index is -3.29. The molecule has 1 aromatic carbocycles. The first-order valence-electron chi connectivity index (χ1n) is 7.92. The SMILES string of the molecule is COP(=O)(NSc1cc(C(C)(C)C)ccc1N1CCOCC1)OC. The average molecular weight is 374 g/mol. The van der Waals surface area contributed by atoms with Crippen molar-refractivity contribution in [1.29, 1.82) is 0 Å². The summed E-state index contributed by atoms with van der Waals surface area (Å²) in [5.41, 5.74) is 2.35. The molecule has 2 rings (SSSR count). The topological polar surface area (TPSA) is 60.0 Å². The molecule has 1 saturated heterocycles. The van der Waals surface area contributed by atoms with Crippen molar-refractivity contribution in [2.75, 3.05) is 45.4 Å². The second kappa shape index (κ2) is 8.21. The summed E-state index contributed by atoms with van der Waals surface area (Å²) < 4.78 is 30.5. The molecule has 6 nitrogen and oxygen atoms in total. The van der Waals surface area contributed by atoms with E-state index in [0.29, 0.717) is 13.2 Å². The van der Waals surface area contributed by atoms with Crippen molar-refractivity contribution in [2.45, 2.75) is 31.1 Å². The van der Waals surface area contributed by atoms with Crippen LogP contribution in [0.3, 0.4) is 0 Å². The zero-order chi connectivity index (χ0) is 17.8. The number of hydrogen-bond acceptors (Lipinski definition) is 6. The van der Waals surface area contributed by atoms with Gasteiger partial charge >= 0.3 is 7.75 Å². The number of hydrogen-bond donors (Lipinski definition) is 1. The van der Waals surface area contributed by atoms with Crippen molar-refractivity contribution in [3.05, 3.63) is 23.8 Å². The van der Waals surface area contributed by atoms with Crippen molar-refractivity contribution in [2.24, 2.45) is 0 Å². The fraction of sp³-hybridized carbons (Fsp3) is 0.625. The summed E-state index contributed by atoms with van der Waals surface area (Å²) in [6.07, 6.45) is 0. The minimum absolute atomic E-state index is 0.0328. The van der Waals surface area contributed by atoms with E-state index in [4.69, 9.17) is 13.8 Å². The number of benzene rings is 1. The molecule has 1 N–H and O–H groups in total. The fourth-order valence-corrected chi connectivity index (χ4v) is 4.46. The van der Waals surface area contributed by atoms with E-state index < -0.39 is 7.75 Å². The maximum Gasteiger partial charge on any atom is 0.414 e. The van der Waals surface area contributed by atoms with Gasteiger partial charge in [0.15, 0.2) is 0 Å². The Hall–Kier alpha value is -0.560. The Morgan fingerprint density at radius 3 is 2.38 bits per heavy atom. The molecule has 1 aromatic rings. The highest BCUT2D eigenvalue weighted by molar-refractivity contribution is 8.02. The van der Waals surface area contributed by atoms with Crippen LogP contribution in [0.2, 0.25) is 0 Å². The highest BCUT2D eigenvalue weighted by Gasteiger charge is 2.24.